The fraction of sp³-hybridized carbons (Fsp3) is 1.00. The van der Waals surface area contributed by atoms with Crippen LogP contribution in [0.5, 0.6) is 0 Å². The van der Waals surface area contributed by atoms with Crippen LogP contribution >= 0.6 is 0 Å². The van der Waals surface area contributed by atoms with Crippen LogP contribution in [0.15, 0.2) is 0 Å². The van der Waals surface area contributed by atoms with Gasteiger partial charge >= 0.3 is 0 Å². The molecular weight excluding hydrogens is 264 g/mol. The highest BCUT2D eigenvalue weighted by molar-refractivity contribution is 7.89. The molecule has 0 aromatic heterocycles. The molecule has 2 saturated heterocycles. The first-order chi connectivity index (χ1) is 9.01. The predicted octanol–water partition coefficient (Wildman–Crippen LogP) is 0.770. The second kappa shape index (κ2) is 6.08. The topological polar surface area (TPSA) is 49.9 Å². The van der Waals surface area contributed by atoms with E-state index in [1.807, 2.05) is 0 Å². The van der Waals surface area contributed by atoms with Gasteiger partial charge in [0.25, 0.3) is 0 Å². The Morgan fingerprint density at radius 1 is 1.21 bits per heavy atom. The minimum Gasteiger partial charge on any atom is -0.379 e. The predicted molar refractivity (Wildman–Crippen MR) is 75.6 cm³/mol. The number of rotatable bonds is 3. The molecule has 19 heavy (non-hydrogen) atoms. The van der Waals surface area contributed by atoms with Gasteiger partial charge < -0.3 is 9.64 Å². The first-order valence-electron chi connectivity index (χ1n) is 7.29. The van der Waals surface area contributed by atoms with Crippen LogP contribution in [0.2, 0.25) is 0 Å². The lowest BCUT2D eigenvalue weighted by Gasteiger charge is -2.42. The molecule has 0 aromatic rings. The van der Waals surface area contributed by atoms with E-state index in [2.05, 4.69) is 11.8 Å². The summed E-state index contributed by atoms with van der Waals surface area (Å²) in [6.45, 7) is 9.55. The quantitative estimate of drug-likeness (QED) is 0.770. The van der Waals surface area contributed by atoms with Crippen LogP contribution < -0.4 is 0 Å². The van der Waals surface area contributed by atoms with Crippen molar-refractivity contribution < 1.29 is 13.2 Å². The van der Waals surface area contributed by atoms with Gasteiger partial charge in [0.05, 0.1) is 19.0 Å². The molecule has 2 rings (SSSR count). The van der Waals surface area contributed by atoms with E-state index < -0.39 is 10.0 Å². The van der Waals surface area contributed by atoms with E-state index in [0.717, 1.165) is 39.1 Å². The van der Waals surface area contributed by atoms with Gasteiger partial charge in [0.15, 0.2) is 0 Å². The molecule has 112 valence electrons. The molecule has 6 heteroatoms. The zero-order chi connectivity index (χ0) is 13.9. The largest absolute Gasteiger partial charge is 0.379 e. The van der Waals surface area contributed by atoms with Crippen molar-refractivity contribution in [2.75, 3.05) is 51.7 Å². The van der Waals surface area contributed by atoms with Crippen LogP contribution in [-0.4, -0.2) is 69.3 Å². The highest BCUT2D eigenvalue weighted by atomic mass is 32.2. The fourth-order valence-electron chi connectivity index (χ4n) is 3.18. The third-order valence-electron chi connectivity index (χ3n) is 4.35. The summed E-state index contributed by atoms with van der Waals surface area (Å²) >= 11 is 0. The van der Waals surface area contributed by atoms with Gasteiger partial charge in [-0.25, -0.2) is 12.7 Å². The third-order valence-corrected chi connectivity index (χ3v) is 6.18. The summed E-state index contributed by atoms with van der Waals surface area (Å²) in [5.41, 5.74) is -0.00694. The zero-order valence-electron chi connectivity index (χ0n) is 12.1. The summed E-state index contributed by atoms with van der Waals surface area (Å²) in [6, 6.07) is 0. The van der Waals surface area contributed by atoms with Crippen LogP contribution in [0.1, 0.15) is 26.7 Å². The van der Waals surface area contributed by atoms with Gasteiger partial charge in [-0.05, 0) is 26.3 Å². The maximum atomic E-state index is 12.1. The maximum Gasteiger partial charge on any atom is 0.213 e. The molecule has 0 N–H and O–H groups in total. The van der Waals surface area contributed by atoms with E-state index in [-0.39, 0.29) is 11.2 Å². The minimum absolute atomic E-state index is 0.00694. The fourth-order valence-corrected chi connectivity index (χ4v) is 4.42. The molecular formula is C13H26N2O3S. The highest BCUT2D eigenvalue weighted by Gasteiger charge is 2.41. The van der Waals surface area contributed by atoms with E-state index in [1.54, 1.807) is 11.2 Å². The Bertz CT molecular complexity index is 399. The molecule has 1 spiro atoms. The summed E-state index contributed by atoms with van der Waals surface area (Å²) in [5.74, 6) is 0.196. The van der Waals surface area contributed by atoms with Gasteiger partial charge in [-0.3, -0.25) is 0 Å². The second-order valence-corrected chi connectivity index (χ2v) is 8.02. The van der Waals surface area contributed by atoms with Gasteiger partial charge in [-0.1, -0.05) is 6.92 Å². The smallest absolute Gasteiger partial charge is 0.213 e. The van der Waals surface area contributed by atoms with E-state index in [0.29, 0.717) is 19.7 Å². The molecule has 5 nitrogen and oxygen atoms in total. The number of nitrogens with zero attached hydrogens (tertiary/aromatic N) is 2. The Kier molecular flexibility index (Phi) is 4.87. The summed E-state index contributed by atoms with van der Waals surface area (Å²) in [6.07, 6.45) is 2.01. The molecule has 2 fully saturated rings. The molecule has 2 heterocycles. The van der Waals surface area contributed by atoms with Crippen LogP contribution in [-0.2, 0) is 14.8 Å². The van der Waals surface area contributed by atoms with Crippen molar-refractivity contribution in [1.29, 1.82) is 0 Å². The lowest BCUT2D eigenvalue weighted by Crippen LogP contribution is -2.52. The van der Waals surface area contributed by atoms with Crippen LogP contribution in [0.3, 0.4) is 0 Å². The molecule has 0 unspecified atom stereocenters. The first kappa shape index (κ1) is 15.2. The van der Waals surface area contributed by atoms with Gasteiger partial charge in [-0.2, -0.15) is 0 Å². The van der Waals surface area contributed by atoms with Gasteiger partial charge in [0.1, 0.15) is 0 Å². The van der Waals surface area contributed by atoms with E-state index in [1.165, 1.54) is 0 Å². The summed E-state index contributed by atoms with van der Waals surface area (Å²) in [4.78, 5) is 2.38. The van der Waals surface area contributed by atoms with Crippen molar-refractivity contribution in [2.24, 2.45) is 5.41 Å². The Balaban J connectivity index is 2.13. The zero-order valence-corrected chi connectivity index (χ0v) is 12.9. The monoisotopic (exact) mass is 290 g/mol. The van der Waals surface area contributed by atoms with Crippen molar-refractivity contribution in [3.05, 3.63) is 0 Å². The number of hydrogen-bond donors (Lipinski definition) is 0. The second-order valence-electron chi connectivity index (χ2n) is 5.76. The summed E-state index contributed by atoms with van der Waals surface area (Å²) in [5, 5.41) is 0. The first-order valence-corrected chi connectivity index (χ1v) is 8.90. The molecule has 0 bridgehead atoms. The standard InChI is InChI=1S/C13H26N2O3S/c1-3-14-8-9-18-12-13(10-14)6-5-7-15(11-13)19(16,17)4-2/h3-12H2,1-2H3/t13-/m1/s1. The SMILES string of the molecule is CCN1CCOC[C@]2(CCCN(S(=O)(=O)CC)C2)C1. The summed E-state index contributed by atoms with van der Waals surface area (Å²) in [7, 11) is -3.07. The Morgan fingerprint density at radius 2 is 2.00 bits per heavy atom. The normalized spacial score (nSPS) is 31.5. The van der Waals surface area contributed by atoms with Gasteiger partial charge in [0.2, 0.25) is 10.0 Å². The molecule has 0 aliphatic carbocycles. The van der Waals surface area contributed by atoms with Crippen molar-refractivity contribution in [3.8, 4) is 0 Å². The number of ether oxygens (including phenoxy) is 1. The van der Waals surface area contributed by atoms with Crippen molar-refractivity contribution in [2.45, 2.75) is 26.7 Å². The molecule has 0 aromatic carbocycles. The third kappa shape index (κ3) is 3.48. The van der Waals surface area contributed by atoms with E-state index in [9.17, 15) is 8.42 Å². The molecule has 2 aliphatic heterocycles. The van der Waals surface area contributed by atoms with E-state index >= 15 is 0 Å². The average Bonchev–Trinajstić information content (AvgIpc) is 2.61. The molecule has 1 atom stereocenters. The number of likely N-dealkylation sites (N-methyl/N-ethyl adjacent to an activating group) is 1. The minimum atomic E-state index is -3.07. The molecule has 2 aliphatic rings. The van der Waals surface area contributed by atoms with Gasteiger partial charge in [-0.15, -0.1) is 0 Å². The number of sulfonamides is 1. The van der Waals surface area contributed by atoms with Crippen molar-refractivity contribution in [3.63, 3.8) is 0 Å². The average molecular weight is 290 g/mol. The number of hydrogen-bond acceptors (Lipinski definition) is 4. The Morgan fingerprint density at radius 3 is 2.68 bits per heavy atom. The van der Waals surface area contributed by atoms with Crippen LogP contribution in [0.25, 0.3) is 0 Å². The van der Waals surface area contributed by atoms with Crippen LogP contribution in [0, 0.1) is 5.41 Å². The lowest BCUT2D eigenvalue weighted by atomic mass is 9.81. The number of piperidine rings is 1. The lowest BCUT2D eigenvalue weighted by molar-refractivity contribution is 0.0290. The molecule has 0 radical (unpaired) electrons. The Labute approximate surface area is 117 Å². The highest BCUT2D eigenvalue weighted by Crippen LogP contribution is 2.34. The Hall–Kier alpha value is -0.170. The van der Waals surface area contributed by atoms with Crippen molar-refractivity contribution >= 4 is 10.0 Å². The summed E-state index contributed by atoms with van der Waals surface area (Å²) < 4.78 is 31.6. The maximum absolute atomic E-state index is 12.1. The van der Waals surface area contributed by atoms with E-state index in [4.69, 9.17) is 4.74 Å². The molecule has 0 saturated carbocycles. The van der Waals surface area contributed by atoms with Gasteiger partial charge in [0, 0.05) is 31.6 Å². The molecule has 0 amide bonds. The van der Waals surface area contributed by atoms with Crippen LogP contribution in [0.4, 0.5) is 0 Å². The van der Waals surface area contributed by atoms with Crippen molar-refractivity contribution in [1.82, 2.24) is 9.21 Å².